The van der Waals surface area contributed by atoms with E-state index in [1.54, 1.807) is 13.4 Å². The van der Waals surface area contributed by atoms with E-state index in [1.807, 2.05) is 0 Å². The quantitative estimate of drug-likeness (QED) is 0.529. The zero-order valence-corrected chi connectivity index (χ0v) is 9.41. The van der Waals surface area contributed by atoms with Crippen LogP contribution in [0.15, 0.2) is 12.3 Å². The van der Waals surface area contributed by atoms with Gasteiger partial charge in [-0.05, 0) is 43.6 Å². The minimum absolute atomic E-state index is 0.0207. The summed E-state index contributed by atoms with van der Waals surface area (Å²) in [5.41, 5.74) is 0.0109. The van der Waals surface area contributed by atoms with Crippen molar-refractivity contribution in [1.82, 2.24) is 0 Å². The smallest absolute Gasteiger partial charge is 0.311 e. The molecule has 0 saturated heterocycles. The molecule has 0 N–H and O–H groups in total. The second-order valence-electron chi connectivity index (χ2n) is 4.85. The van der Waals surface area contributed by atoms with Gasteiger partial charge in [0.2, 0.25) is 0 Å². The van der Waals surface area contributed by atoms with Crippen LogP contribution < -0.4 is 0 Å². The summed E-state index contributed by atoms with van der Waals surface area (Å²) >= 11 is 0. The predicted molar refractivity (Wildman–Crippen MR) is 56.1 cm³/mol. The molecule has 84 valence electrons. The Labute approximate surface area is 90.4 Å². The fraction of sp³-hybridized carbons (Fsp3) is 0.750. The lowest BCUT2D eigenvalue weighted by Gasteiger charge is -2.23. The van der Waals surface area contributed by atoms with Gasteiger partial charge in [-0.15, -0.1) is 0 Å². The van der Waals surface area contributed by atoms with Crippen LogP contribution in [0.4, 0.5) is 0 Å². The Morgan fingerprint density at radius 2 is 1.87 bits per heavy atom. The van der Waals surface area contributed by atoms with E-state index in [4.69, 9.17) is 9.47 Å². The van der Waals surface area contributed by atoms with E-state index in [2.05, 4.69) is 6.08 Å². The number of esters is 1. The van der Waals surface area contributed by atoms with Gasteiger partial charge in [-0.1, -0.05) is 0 Å². The number of carbonyl (C=O) groups excluding carboxylic acids is 1. The van der Waals surface area contributed by atoms with Gasteiger partial charge in [-0.3, -0.25) is 4.79 Å². The molecule has 0 amide bonds. The number of hydrogen-bond acceptors (Lipinski definition) is 3. The SMILES string of the molecule is CO/C=C/C12CCC(C(=O)OC)(CC1)C2. The molecule has 2 aliphatic carbocycles. The molecule has 2 aliphatic rings. The first-order chi connectivity index (χ1) is 7.16. The summed E-state index contributed by atoms with van der Waals surface area (Å²) in [6.07, 6.45) is 8.92. The summed E-state index contributed by atoms with van der Waals surface area (Å²) in [5.74, 6) is -0.0207. The maximum Gasteiger partial charge on any atom is 0.311 e. The number of rotatable bonds is 3. The van der Waals surface area contributed by atoms with Crippen LogP contribution in [0.25, 0.3) is 0 Å². The van der Waals surface area contributed by atoms with Gasteiger partial charge in [0.15, 0.2) is 0 Å². The number of methoxy groups -OCH3 is 2. The van der Waals surface area contributed by atoms with Crippen molar-refractivity contribution in [3.8, 4) is 0 Å². The number of ether oxygens (including phenoxy) is 2. The van der Waals surface area contributed by atoms with Gasteiger partial charge in [0, 0.05) is 0 Å². The molecule has 0 unspecified atom stereocenters. The fourth-order valence-electron chi connectivity index (χ4n) is 3.18. The first-order valence-electron chi connectivity index (χ1n) is 5.45. The summed E-state index contributed by atoms with van der Waals surface area (Å²) in [4.78, 5) is 11.7. The van der Waals surface area contributed by atoms with Crippen LogP contribution in [-0.2, 0) is 14.3 Å². The third-order valence-corrected chi connectivity index (χ3v) is 4.07. The Kier molecular flexibility index (Phi) is 2.49. The largest absolute Gasteiger partial charge is 0.505 e. The van der Waals surface area contributed by atoms with Crippen LogP contribution in [0, 0.1) is 10.8 Å². The molecular weight excluding hydrogens is 192 g/mol. The van der Waals surface area contributed by atoms with Crippen molar-refractivity contribution in [2.45, 2.75) is 32.1 Å². The summed E-state index contributed by atoms with van der Waals surface area (Å²) < 4.78 is 9.88. The van der Waals surface area contributed by atoms with Gasteiger partial charge in [0.25, 0.3) is 0 Å². The fourth-order valence-corrected chi connectivity index (χ4v) is 3.18. The number of fused-ring (bicyclic) bond motifs is 2. The van der Waals surface area contributed by atoms with Crippen LogP contribution in [0.2, 0.25) is 0 Å². The van der Waals surface area contributed by atoms with Crippen molar-refractivity contribution in [2.24, 2.45) is 10.8 Å². The highest BCUT2D eigenvalue weighted by molar-refractivity contribution is 5.78. The molecule has 2 rings (SSSR count). The lowest BCUT2D eigenvalue weighted by atomic mass is 9.82. The maximum atomic E-state index is 11.7. The number of carbonyl (C=O) groups is 1. The van der Waals surface area contributed by atoms with Gasteiger partial charge in [0.05, 0.1) is 25.9 Å². The van der Waals surface area contributed by atoms with Crippen LogP contribution >= 0.6 is 0 Å². The minimum Gasteiger partial charge on any atom is -0.505 e. The van der Waals surface area contributed by atoms with E-state index in [-0.39, 0.29) is 16.8 Å². The molecule has 0 atom stereocenters. The normalized spacial score (nSPS) is 38.5. The van der Waals surface area contributed by atoms with E-state index in [9.17, 15) is 4.79 Å². The molecule has 0 radical (unpaired) electrons. The molecule has 2 saturated carbocycles. The standard InChI is InChI=1S/C12H18O3/c1-14-8-7-11-3-5-12(9-11,6-4-11)10(13)15-2/h7-8H,3-6,9H2,1-2H3/b8-7+. The topological polar surface area (TPSA) is 35.5 Å². The highest BCUT2D eigenvalue weighted by Crippen LogP contribution is 2.62. The van der Waals surface area contributed by atoms with Gasteiger partial charge in [0.1, 0.15) is 0 Å². The lowest BCUT2D eigenvalue weighted by Crippen LogP contribution is -2.27. The van der Waals surface area contributed by atoms with Crippen molar-refractivity contribution < 1.29 is 14.3 Å². The number of allylic oxidation sites excluding steroid dienone is 1. The van der Waals surface area contributed by atoms with E-state index < -0.39 is 0 Å². The maximum absolute atomic E-state index is 11.7. The monoisotopic (exact) mass is 210 g/mol. The van der Waals surface area contributed by atoms with Crippen LogP contribution in [-0.4, -0.2) is 20.2 Å². The zero-order valence-electron chi connectivity index (χ0n) is 9.41. The van der Waals surface area contributed by atoms with E-state index in [1.165, 1.54) is 7.11 Å². The Bertz CT molecular complexity index is 285. The summed E-state index contributed by atoms with van der Waals surface area (Å²) in [7, 11) is 3.14. The summed E-state index contributed by atoms with van der Waals surface area (Å²) in [6.45, 7) is 0. The third kappa shape index (κ3) is 1.54. The molecule has 0 aromatic rings. The Balaban J connectivity index is 2.14. The molecule has 2 fully saturated rings. The van der Waals surface area contributed by atoms with Crippen molar-refractivity contribution >= 4 is 5.97 Å². The zero-order chi connectivity index (χ0) is 10.9. The molecule has 15 heavy (non-hydrogen) atoms. The molecule has 3 heteroatoms. The second-order valence-corrected chi connectivity index (χ2v) is 4.85. The average Bonchev–Trinajstić information content (AvgIpc) is 2.82. The first-order valence-corrected chi connectivity index (χ1v) is 5.45. The van der Waals surface area contributed by atoms with Crippen LogP contribution in [0.1, 0.15) is 32.1 Å². The van der Waals surface area contributed by atoms with E-state index in [0.29, 0.717) is 0 Å². The average molecular weight is 210 g/mol. The third-order valence-electron chi connectivity index (χ3n) is 4.07. The first kappa shape index (κ1) is 10.5. The predicted octanol–water partition coefficient (Wildman–Crippen LogP) is 2.27. The van der Waals surface area contributed by atoms with Crippen molar-refractivity contribution in [1.29, 1.82) is 0 Å². The molecule has 0 spiro atoms. The second kappa shape index (κ2) is 3.54. The van der Waals surface area contributed by atoms with Crippen molar-refractivity contribution in [3.05, 3.63) is 12.3 Å². The Hall–Kier alpha value is -0.990. The highest BCUT2D eigenvalue weighted by Gasteiger charge is 2.57. The van der Waals surface area contributed by atoms with E-state index >= 15 is 0 Å². The number of hydrogen-bond donors (Lipinski definition) is 0. The van der Waals surface area contributed by atoms with Crippen LogP contribution in [0.5, 0.6) is 0 Å². The summed E-state index contributed by atoms with van der Waals surface area (Å²) in [5, 5.41) is 0. The van der Waals surface area contributed by atoms with Crippen molar-refractivity contribution in [3.63, 3.8) is 0 Å². The molecule has 0 heterocycles. The molecular formula is C12H18O3. The van der Waals surface area contributed by atoms with Gasteiger partial charge < -0.3 is 9.47 Å². The minimum atomic E-state index is -0.188. The van der Waals surface area contributed by atoms with Crippen LogP contribution in [0.3, 0.4) is 0 Å². The molecule has 0 aromatic carbocycles. The molecule has 3 nitrogen and oxygen atoms in total. The molecule has 2 bridgehead atoms. The lowest BCUT2D eigenvalue weighted by molar-refractivity contribution is -0.152. The van der Waals surface area contributed by atoms with Crippen molar-refractivity contribution in [2.75, 3.05) is 14.2 Å². The van der Waals surface area contributed by atoms with Gasteiger partial charge >= 0.3 is 5.97 Å². The van der Waals surface area contributed by atoms with E-state index in [0.717, 1.165) is 32.1 Å². The molecule has 0 aromatic heterocycles. The molecule has 0 aliphatic heterocycles. The highest BCUT2D eigenvalue weighted by atomic mass is 16.5. The Morgan fingerprint density at radius 3 is 2.40 bits per heavy atom. The van der Waals surface area contributed by atoms with Gasteiger partial charge in [-0.2, -0.15) is 0 Å². The Morgan fingerprint density at radius 1 is 1.20 bits per heavy atom. The van der Waals surface area contributed by atoms with Gasteiger partial charge in [-0.25, -0.2) is 0 Å². The summed E-state index contributed by atoms with van der Waals surface area (Å²) in [6, 6.07) is 0.